The molecule has 3 aliphatic rings. The zero-order valence-corrected chi connectivity index (χ0v) is 18.2. The van der Waals surface area contributed by atoms with Gasteiger partial charge in [0.2, 0.25) is 0 Å². The van der Waals surface area contributed by atoms with Crippen LogP contribution in [0.4, 0.5) is 10.5 Å². The van der Waals surface area contributed by atoms with Crippen LogP contribution in [0.15, 0.2) is 24.5 Å². The number of amides is 2. The third-order valence-electron chi connectivity index (χ3n) is 6.49. The smallest absolute Gasteiger partial charge is 0.412 e. The van der Waals surface area contributed by atoms with Crippen molar-refractivity contribution in [3.63, 3.8) is 0 Å². The summed E-state index contributed by atoms with van der Waals surface area (Å²) in [6, 6.07) is 4.07. The van der Waals surface area contributed by atoms with E-state index in [4.69, 9.17) is 9.47 Å². The molecule has 32 heavy (non-hydrogen) atoms. The quantitative estimate of drug-likeness (QED) is 0.768. The standard InChI is InChI=1S/C23H28N4O5/c1-15-2-5-19-20(27(15)23(29)30)7-6-18(16-12-24-26(13-16)17-3-4-17)22(19)32-14-21(28)25-8-10-31-11-9-25/h6-7,12-13,15,17H,2-5,8-11,14H2,1H3,(H,29,30)/t15-/m0/s1. The molecule has 1 atom stereocenters. The van der Waals surface area contributed by atoms with E-state index in [-0.39, 0.29) is 18.6 Å². The summed E-state index contributed by atoms with van der Waals surface area (Å²) in [6.07, 6.45) is 6.49. The van der Waals surface area contributed by atoms with Gasteiger partial charge in [-0.3, -0.25) is 14.4 Å². The zero-order valence-electron chi connectivity index (χ0n) is 18.2. The van der Waals surface area contributed by atoms with E-state index >= 15 is 0 Å². The van der Waals surface area contributed by atoms with Crippen LogP contribution in [-0.4, -0.2) is 70.7 Å². The van der Waals surface area contributed by atoms with Crippen LogP contribution in [0.5, 0.6) is 5.75 Å². The van der Waals surface area contributed by atoms with Gasteiger partial charge in [0.05, 0.1) is 31.1 Å². The van der Waals surface area contributed by atoms with Crippen molar-refractivity contribution in [3.05, 3.63) is 30.1 Å². The first-order chi connectivity index (χ1) is 15.5. The molecular formula is C23H28N4O5. The van der Waals surface area contributed by atoms with Crippen LogP contribution in [0.2, 0.25) is 0 Å². The Morgan fingerprint density at radius 1 is 1.22 bits per heavy atom. The maximum absolute atomic E-state index is 12.7. The van der Waals surface area contributed by atoms with Crippen molar-refractivity contribution in [2.24, 2.45) is 0 Å². The molecule has 2 amide bonds. The van der Waals surface area contributed by atoms with Gasteiger partial charge in [-0.1, -0.05) is 0 Å². The molecule has 1 aromatic heterocycles. The molecule has 9 heteroatoms. The minimum Gasteiger partial charge on any atom is -0.483 e. The fourth-order valence-electron chi connectivity index (χ4n) is 4.54. The first-order valence-electron chi connectivity index (χ1n) is 11.2. The van der Waals surface area contributed by atoms with Crippen LogP contribution in [0, 0.1) is 0 Å². The molecule has 1 aromatic carbocycles. The molecule has 1 saturated carbocycles. The number of anilines is 1. The normalized spacial score (nSPS) is 20.7. The van der Waals surface area contributed by atoms with Crippen LogP contribution in [0.1, 0.15) is 37.8 Å². The van der Waals surface area contributed by atoms with Gasteiger partial charge in [-0.2, -0.15) is 5.10 Å². The number of carboxylic acid groups (broad SMARTS) is 1. The molecule has 1 N–H and O–H groups in total. The van der Waals surface area contributed by atoms with Crippen molar-refractivity contribution in [1.29, 1.82) is 0 Å². The molecule has 9 nitrogen and oxygen atoms in total. The Hall–Kier alpha value is -3.07. The lowest BCUT2D eigenvalue weighted by molar-refractivity contribution is -0.137. The van der Waals surface area contributed by atoms with Crippen molar-refractivity contribution >= 4 is 17.7 Å². The van der Waals surface area contributed by atoms with E-state index in [1.807, 2.05) is 36.1 Å². The average Bonchev–Trinajstić information content (AvgIpc) is 3.54. The molecule has 2 fully saturated rings. The lowest BCUT2D eigenvalue weighted by atomic mass is 9.92. The van der Waals surface area contributed by atoms with Crippen LogP contribution in [0.25, 0.3) is 11.1 Å². The molecule has 1 saturated heterocycles. The molecule has 2 aromatic rings. The summed E-state index contributed by atoms with van der Waals surface area (Å²) in [6.45, 7) is 3.99. The second kappa shape index (κ2) is 8.46. The number of carbonyl (C=O) groups excluding carboxylic acids is 1. The molecule has 0 spiro atoms. The van der Waals surface area contributed by atoms with Gasteiger partial charge in [-0.25, -0.2) is 4.79 Å². The van der Waals surface area contributed by atoms with Crippen LogP contribution >= 0.6 is 0 Å². The van der Waals surface area contributed by atoms with Crippen molar-refractivity contribution in [1.82, 2.24) is 14.7 Å². The summed E-state index contributed by atoms with van der Waals surface area (Å²) in [4.78, 5) is 27.8. The van der Waals surface area contributed by atoms with Gasteiger partial charge >= 0.3 is 6.09 Å². The number of carbonyl (C=O) groups is 2. The van der Waals surface area contributed by atoms with E-state index in [0.717, 1.165) is 29.5 Å². The maximum Gasteiger partial charge on any atom is 0.412 e. The lowest BCUT2D eigenvalue weighted by Gasteiger charge is -2.34. The van der Waals surface area contributed by atoms with Gasteiger partial charge in [0.15, 0.2) is 6.61 Å². The summed E-state index contributed by atoms with van der Waals surface area (Å²) >= 11 is 0. The number of hydrogen-bond donors (Lipinski definition) is 1. The Morgan fingerprint density at radius 2 is 2.00 bits per heavy atom. The molecule has 1 aliphatic carbocycles. The fourth-order valence-corrected chi connectivity index (χ4v) is 4.54. The molecule has 5 rings (SSSR count). The number of nitrogens with zero attached hydrogens (tertiary/aromatic N) is 4. The number of fused-ring (bicyclic) bond motifs is 1. The molecular weight excluding hydrogens is 412 g/mol. The predicted octanol–water partition coefficient (Wildman–Crippen LogP) is 2.94. The third-order valence-corrected chi connectivity index (χ3v) is 6.49. The van der Waals surface area contributed by atoms with Crippen LogP contribution < -0.4 is 9.64 Å². The van der Waals surface area contributed by atoms with E-state index in [2.05, 4.69) is 5.10 Å². The minimum atomic E-state index is -0.983. The minimum absolute atomic E-state index is 0.0928. The maximum atomic E-state index is 12.7. The Labute approximate surface area is 186 Å². The molecule has 2 aliphatic heterocycles. The molecule has 3 heterocycles. The summed E-state index contributed by atoms with van der Waals surface area (Å²) in [7, 11) is 0. The number of hydrogen-bond acceptors (Lipinski definition) is 5. The van der Waals surface area contributed by atoms with Gasteiger partial charge in [-0.15, -0.1) is 0 Å². The van der Waals surface area contributed by atoms with E-state index < -0.39 is 6.09 Å². The summed E-state index contributed by atoms with van der Waals surface area (Å²) in [5, 5.41) is 14.3. The van der Waals surface area contributed by atoms with Crippen LogP contribution in [0.3, 0.4) is 0 Å². The van der Waals surface area contributed by atoms with Crippen molar-refractivity contribution in [2.45, 2.75) is 44.7 Å². The molecule has 0 radical (unpaired) electrons. The van der Waals surface area contributed by atoms with Gasteiger partial charge in [0.25, 0.3) is 5.91 Å². The predicted molar refractivity (Wildman–Crippen MR) is 117 cm³/mol. The van der Waals surface area contributed by atoms with E-state index in [9.17, 15) is 14.7 Å². The van der Waals surface area contributed by atoms with Crippen molar-refractivity contribution in [2.75, 3.05) is 37.8 Å². The fraction of sp³-hybridized carbons (Fsp3) is 0.522. The Morgan fingerprint density at radius 3 is 2.72 bits per heavy atom. The highest BCUT2D eigenvalue weighted by atomic mass is 16.5. The monoisotopic (exact) mass is 440 g/mol. The third kappa shape index (κ3) is 3.92. The molecule has 0 unspecified atom stereocenters. The van der Waals surface area contributed by atoms with Gasteiger partial charge in [0, 0.05) is 42.0 Å². The number of benzene rings is 1. The van der Waals surface area contributed by atoms with E-state index in [0.29, 0.717) is 56.6 Å². The van der Waals surface area contributed by atoms with E-state index in [1.165, 1.54) is 4.90 Å². The Balaban J connectivity index is 1.49. The zero-order chi connectivity index (χ0) is 22.2. The number of rotatable bonds is 5. The summed E-state index contributed by atoms with van der Waals surface area (Å²) in [5.41, 5.74) is 3.21. The first kappa shape index (κ1) is 20.8. The average molecular weight is 441 g/mol. The highest BCUT2D eigenvalue weighted by molar-refractivity contribution is 5.91. The van der Waals surface area contributed by atoms with Gasteiger partial charge in [-0.05, 0) is 44.7 Å². The van der Waals surface area contributed by atoms with Crippen molar-refractivity contribution < 1.29 is 24.2 Å². The highest BCUT2D eigenvalue weighted by Crippen LogP contribution is 2.44. The molecule has 0 bridgehead atoms. The highest BCUT2D eigenvalue weighted by Gasteiger charge is 2.32. The largest absolute Gasteiger partial charge is 0.483 e. The Kier molecular flexibility index (Phi) is 5.50. The number of morpholine rings is 1. The second-order valence-corrected chi connectivity index (χ2v) is 8.70. The number of ether oxygens (including phenoxy) is 2. The number of aromatic nitrogens is 2. The van der Waals surface area contributed by atoms with Gasteiger partial charge < -0.3 is 19.5 Å². The Bertz CT molecular complexity index is 1030. The second-order valence-electron chi connectivity index (χ2n) is 8.70. The van der Waals surface area contributed by atoms with Crippen LogP contribution in [-0.2, 0) is 16.0 Å². The topological polar surface area (TPSA) is 97.1 Å². The van der Waals surface area contributed by atoms with Gasteiger partial charge in [0.1, 0.15) is 5.75 Å². The SMILES string of the molecule is C[C@H]1CCc2c(ccc(-c3cnn(C4CC4)c3)c2OCC(=O)N2CCOCC2)N1C(=O)O. The van der Waals surface area contributed by atoms with Crippen molar-refractivity contribution in [3.8, 4) is 16.9 Å². The summed E-state index contributed by atoms with van der Waals surface area (Å²) in [5.74, 6) is 0.488. The summed E-state index contributed by atoms with van der Waals surface area (Å²) < 4.78 is 13.5. The van der Waals surface area contributed by atoms with E-state index in [1.54, 1.807) is 4.90 Å². The lowest BCUT2D eigenvalue weighted by Crippen LogP contribution is -2.43. The molecule has 170 valence electrons. The first-order valence-corrected chi connectivity index (χ1v) is 11.2.